The highest BCUT2D eigenvalue weighted by Crippen LogP contribution is 2.15. The summed E-state index contributed by atoms with van der Waals surface area (Å²) in [6.07, 6.45) is 3.42. The zero-order valence-electron chi connectivity index (χ0n) is 13.4. The van der Waals surface area contributed by atoms with Crippen LogP contribution in [-0.2, 0) is 0 Å². The summed E-state index contributed by atoms with van der Waals surface area (Å²) in [5, 5.41) is 6.17. The molecule has 20 heavy (non-hydrogen) atoms. The van der Waals surface area contributed by atoms with Crippen molar-refractivity contribution in [2.45, 2.75) is 53.0 Å². The third-order valence-corrected chi connectivity index (χ3v) is 3.56. The Morgan fingerprint density at radius 2 is 1.90 bits per heavy atom. The second kappa shape index (κ2) is 7.93. The third kappa shape index (κ3) is 5.24. The van der Waals surface area contributed by atoms with Gasteiger partial charge < -0.3 is 10.6 Å². The summed E-state index contributed by atoms with van der Waals surface area (Å²) in [4.78, 5) is 12.2. The lowest BCUT2D eigenvalue weighted by atomic mass is 10.0. The van der Waals surface area contributed by atoms with Gasteiger partial charge in [0, 0.05) is 24.3 Å². The van der Waals surface area contributed by atoms with Crippen LogP contribution in [0.15, 0.2) is 18.2 Å². The number of anilines is 1. The lowest BCUT2D eigenvalue weighted by molar-refractivity contribution is 0.0937. The van der Waals surface area contributed by atoms with E-state index in [2.05, 4.69) is 31.4 Å². The summed E-state index contributed by atoms with van der Waals surface area (Å²) < 4.78 is 0. The maximum atomic E-state index is 12.2. The van der Waals surface area contributed by atoms with E-state index in [-0.39, 0.29) is 11.9 Å². The van der Waals surface area contributed by atoms with Crippen molar-refractivity contribution in [3.05, 3.63) is 29.3 Å². The molecule has 1 aromatic carbocycles. The molecule has 0 spiro atoms. The number of carbonyl (C=O) groups excluding carboxylic acids is 1. The molecule has 0 bridgehead atoms. The molecule has 0 aliphatic heterocycles. The average molecular weight is 276 g/mol. The number of carbonyl (C=O) groups is 1. The Kier molecular flexibility index (Phi) is 6.56. The van der Waals surface area contributed by atoms with Crippen molar-refractivity contribution in [1.82, 2.24) is 5.32 Å². The van der Waals surface area contributed by atoms with E-state index >= 15 is 0 Å². The molecule has 1 aromatic rings. The normalized spacial score (nSPS) is 12.3. The van der Waals surface area contributed by atoms with Gasteiger partial charge in [-0.2, -0.15) is 0 Å². The van der Waals surface area contributed by atoms with Crippen LogP contribution in [0, 0.1) is 12.8 Å². The number of aryl methyl sites for hydroxylation is 1. The molecule has 2 N–H and O–H groups in total. The minimum Gasteiger partial charge on any atom is -0.388 e. The predicted octanol–water partition coefficient (Wildman–Crippen LogP) is 3.98. The highest BCUT2D eigenvalue weighted by atomic mass is 16.1. The van der Waals surface area contributed by atoms with Crippen LogP contribution in [0.5, 0.6) is 0 Å². The number of hydrogen-bond donors (Lipinski definition) is 2. The summed E-state index contributed by atoms with van der Waals surface area (Å²) in [5.41, 5.74) is 2.80. The maximum absolute atomic E-state index is 12.2. The Hall–Kier alpha value is -1.51. The fourth-order valence-corrected chi connectivity index (χ4v) is 2.28. The third-order valence-electron chi connectivity index (χ3n) is 3.56. The van der Waals surface area contributed by atoms with E-state index in [1.807, 2.05) is 32.2 Å². The summed E-state index contributed by atoms with van der Waals surface area (Å²) in [5.74, 6) is 0.761. The summed E-state index contributed by atoms with van der Waals surface area (Å²) in [6, 6.07) is 6.05. The van der Waals surface area contributed by atoms with Gasteiger partial charge >= 0.3 is 0 Å². The molecule has 0 aliphatic carbocycles. The van der Waals surface area contributed by atoms with Gasteiger partial charge in [0.1, 0.15) is 0 Å². The van der Waals surface area contributed by atoms with Gasteiger partial charge in [0.15, 0.2) is 0 Å². The van der Waals surface area contributed by atoms with Crippen molar-refractivity contribution in [1.29, 1.82) is 0 Å². The van der Waals surface area contributed by atoms with Gasteiger partial charge in [0.25, 0.3) is 5.91 Å². The lowest BCUT2D eigenvalue weighted by Gasteiger charge is -2.16. The molecular formula is C17H28N2O. The van der Waals surface area contributed by atoms with E-state index < -0.39 is 0 Å². The van der Waals surface area contributed by atoms with Crippen LogP contribution in [0.3, 0.4) is 0 Å². The van der Waals surface area contributed by atoms with E-state index in [0.717, 1.165) is 35.6 Å². The van der Waals surface area contributed by atoms with Crippen LogP contribution >= 0.6 is 0 Å². The lowest BCUT2D eigenvalue weighted by Crippen LogP contribution is -2.33. The fourth-order valence-electron chi connectivity index (χ4n) is 2.28. The Bertz CT molecular complexity index is 441. The van der Waals surface area contributed by atoms with Crippen LogP contribution < -0.4 is 10.6 Å². The monoisotopic (exact) mass is 276 g/mol. The highest BCUT2D eigenvalue weighted by Gasteiger charge is 2.12. The Labute approximate surface area is 123 Å². The molecule has 1 amide bonds. The molecule has 0 saturated heterocycles. The topological polar surface area (TPSA) is 41.1 Å². The van der Waals surface area contributed by atoms with Crippen molar-refractivity contribution in [2.75, 3.05) is 12.4 Å². The number of hydrogen-bond acceptors (Lipinski definition) is 2. The van der Waals surface area contributed by atoms with Crippen LogP contribution in [-0.4, -0.2) is 19.0 Å². The molecule has 0 aromatic heterocycles. The molecule has 3 nitrogen and oxygen atoms in total. The van der Waals surface area contributed by atoms with E-state index in [1.54, 1.807) is 0 Å². The van der Waals surface area contributed by atoms with E-state index in [4.69, 9.17) is 0 Å². The van der Waals surface area contributed by atoms with Crippen molar-refractivity contribution in [3.63, 3.8) is 0 Å². The summed E-state index contributed by atoms with van der Waals surface area (Å²) >= 11 is 0. The van der Waals surface area contributed by atoms with Gasteiger partial charge in [-0.05, 0) is 49.9 Å². The Morgan fingerprint density at radius 3 is 2.45 bits per heavy atom. The molecule has 1 atom stereocenters. The molecule has 1 rings (SSSR count). The van der Waals surface area contributed by atoms with Crippen molar-refractivity contribution < 1.29 is 4.79 Å². The van der Waals surface area contributed by atoms with E-state index in [0.29, 0.717) is 0 Å². The van der Waals surface area contributed by atoms with Crippen LogP contribution in [0.2, 0.25) is 0 Å². The van der Waals surface area contributed by atoms with Crippen LogP contribution in [0.4, 0.5) is 5.69 Å². The zero-order valence-corrected chi connectivity index (χ0v) is 13.4. The largest absolute Gasteiger partial charge is 0.388 e. The minimum atomic E-state index is 0.0298. The minimum absolute atomic E-state index is 0.0298. The summed E-state index contributed by atoms with van der Waals surface area (Å²) in [7, 11) is 1.88. The van der Waals surface area contributed by atoms with Gasteiger partial charge in [-0.3, -0.25) is 4.79 Å². The second-order valence-electron chi connectivity index (χ2n) is 5.98. The van der Waals surface area contributed by atoms with Gasteiger partial charge in [0.05, 0.1) is 0 Å². The molecule has 3 heteroatoms. The van der Waals surface area contributed by atoms with Crippen molar-refractivity contribution in [3.8, 4) is 0 Å². The first kappa shape index (κ1) is 16.5. The molecular weight excluding hydrogens is 248 g/mol. The van der Waals surface area contributed by atoms with Gasteiger partial charge in [-0.15, -0.1) is 0 Å². The van der Waals surface area contributed by atoms with Crippen molar-refractivity contribution in [2.24, 2.45) is 5.92 Å². The number of amides is 1. The number of benzene rings is 1. The SMILES string of the molecule is CNc1ccc(C(=O)NC(C)CCCC(C)C)c(C)c1. The molecule has 112 valence electrons. The van der Waals surface area contributed by atoms with Crippen LogP contribution in [0.25, 0.3) is 0 Å². The van der Waals surface area contributed by atoms with E-state index in [9.17, 15) is 4.79 Å². The quantitative estimate of drug-likeness (QED) is 0.791. The average Bonchev–Trinajstić information content (AvgIpc) is 2.37. The Balaban J connectivity index is 2.53. The zero-order chi connectivity index (χ0) is 15.1. The summed E-state index contributed by atoms with van der Waals surface area (Å²) in [6.45, 7) is 8.51. The van der Waals surface area contributed by atoms with Crippen LogP contribution in [0.1, 0.15) is 56.0 Å². The molecule has 0 aliphatic rings. The molecule has 0 radical (unpaired) electrons. The predicted molar refractivity (Wildman–Crippen MR) is 86.3 cm³/mol. The van der Waals surface area contributed by atoms with Gasteiger partial charge in [-0.1, -0.05) is 26.7 Å². The van der Waals surface area contributed by atoms with Crippen molar-refractivity contribution >= 4 is 11.6 Å². The highest BCUT2D eigenvalue weighted by molar-refractivity contribution is 5.96. The number of nitrogens with one attached hydrogen (secondary N) is 2. The molecule has 0 saturated carbocycles. The fraction of sp³-hybridized carbons (Fsp3) is 0.588. The first-order valence-corrected chi connectivity index (χ1v) is 7.53. The Morgan fingerprint density at radius 1 is 1.20 bits per heavy atom. The maximum Gasteiger partial charge on any atom is 0.251 e. The second-order valence-corrected chi connectivity index (χ2v) is 5.98. The first-order valence-electron chi connectivity index (χ1n) is 7.53. The van der Waals surface area contributed by atoms with E-state index in [1.165, 1.54) is 6.42 Å². The molecule has 1 unspecified atom stereocenters. The smallest absolute Gasteiger partial charge is 0.251 e. The molecule has 0 heterocycles. The number of rotatable bonds is 7. The van der Waals surface area contributed by atoms with Gasteiger partial charge in [0.2, 0.25) is 0 Å². The standard InChI is InChI=1S/C17H28N2O/c1-12(2)7-6-8-14(4)19-17(20)16-10-9-15(18-5)11-13(16)3/h9-12,14,18H,6-8H2,1-5H3,(H,19,20). The molecule has 0 fully saturated rings. The first-order chi connectivity index (χ1) is 9.43. The van der Waals surface area contributed by atoms with Gasteiger partial charge in [-0.25, -0.2) is 0 Å².